The zero-order valence-electron chi connectivity index (χ0n) is 21.9. The number of aliphatic carboxylic acids is 1. The van der Waals surface area contributed by atoms with E-state index in [-0.39, 0.29) is 23.9 Å². The molecule has 35 heavy (non-hydrogen) atoms. The molecule has 0 aromatic heterocycles. The first-order valence-electron chi connectivity index (χ1n) is 13.9. The molecular weight excluding hydrogens is 438 g/mol. The van der Waals surface area contributed by atoms with Crippen LogP contribution in [-0.4, -0.2) is 40.0 Å². The maximum atomic E-state index is 12.3. The number of rotatable bonds is 16. The molecule has 0 spiro atoms. The number of carboxylic acid groups (broad SMARTS) is 1. The summed E-state index contributed by atoms with van der Waals surface area (Å²) in [4.78, 5) is 12.3. The molecule has 0 bridgehead atoms. The third kappa shape index (κ3) is 9.70. The number of unbranched alkanes of at least 4 members (excludes halogenated alkanes) is 3. The van der Waals surface area contributed by atoms with Crippen LogP contribution >= 0.6 is 0 Å². The fourth-order valence-corrected chi connectivity index (χ4v) is 6.34. The van der Waals surface area contributed by atoms with Crippen molar-refractivity contribution < 1.29 is 20.1 Å². The van der Waals surface area contributed by atoms with Crippen LogP contribution in [0.5, 0.6) is 0 Å². The van der Waals surface area contributed by atoms with Crippen molar-refractivity contribution in [1.29, 1.82) is 0 Å². The highest BCUT2D eigenvalue weighted by Crippen LogP contribution is 2.48. The number of hydrogen-bond acceptors (Lipinski definition) is 4. The lowest BCUT2D eigenvalue weighted by molar-refractivity contribution is -0.153. The summed E-state index contributed by atoms with van der Waals surface area (Å²) in [7, 11) is 0. The fourth-order valence-electron chi connectivity index (χ4n) is 6.34. The number of benzene rings is 1. The second-order valence-corrected chi connectivity index (χ2v) is 10.6. The van der Waals surface area contributed by atoms with E-state index in [2.05, 4.69) is 25.1 Å². The van der Waals surface area contributed by atoms with Gasteiger partial charge in [-0.3, -0.25) is 4.79 Å². The van der Waals surface area contributed by atoms with E-state index in [1.807, 2.05) is 24.3 Å². The number of aliphatic hydroxyl groups excluding tert-OH is 2. The van der Waals surface area contributed by atoms with E-state index >= 15 is 0 Å². The number of allylic oxidation sites excluding steroid dienone is 1. The Morgan fingerprint density at radius 3 is 2.43 bits per heavy atom. The summed E-state index contributed by atoms with van der Waals surface area (Å²) in [6.07, 6.45) is 13.7. The monoisotopic (exact) mass is 487 g/mol. The minimum atomic E-state index is -0.897. The van der Waals surface area contributed by atoms with Crippen LogP contribution in [0.2, 0.25) is 0 Å². The van der Waals surface area contributed by atoms with Crippen molar-refractivity contribution in [2.45, 2.75) is 96.7 Å². The lowest BCUT2D eigenvalue weighted by atomic mass is 9.58. The molecular formula is C30H49NO4. The van der Waals surface area contributed by atoms with Gasteiger partial charge in [0.1, 0.15) is 0 Å². The molecule has 7 atom stereocenters. The molecule has 0 heterocycles. The molecule has 1 saturated carbocycles. The van der Waals surface area contributed by atoms with E-state index in [1.54, 1.807) is 6.92 Å². The van der Waals surface area contributed by atoms with Crippen molar-refractivity contribution >= 4 is 5.97 Å². The van der Waals surface area contributed by atoms with Crippen LogP contribution in [0.25, 0.3) is 0 Å². The number of hydrogen-bond donors (Lipinski definition) is 4. The molecule has 1 fully saturated rings. The quantitative estimate of drug-likeness (QED) is 0.180. The third-order valence-corrected chi connectivity index (χ3v) is 8.02. The summed E-state index contributed by atoms with van der Waals surface area (Å²) in [6, 6.07) is 10.3. The topological polar surface area (TPSA) is 104 Å². The molecule has 0 radical (unpaired) electrons. The van der Waals surface area contributed by atoms with Gasteiger partial charge in [-0.1, -0.05) is 68.7 Å². The first-order chi connectivity index (χ1) is 16.9. The van der Waals surface area contributed by atoms with E-state index in [0.717, 1.165) is 70.6 Å². The molecule has 1 aliphatic rings. The van der Waals surface area contributed by atoms with Crippen molar-refractivity contribution in [1.82, 2.24) is 0 Å². The Hall–Kier alpha value is -1.69. The van der Waals surface area contributed by atoms with Crippen molar-refractivity contribution in [3.8, 4) is 0 Å². The summed E-state index contributed by atoms with van der Waals surface area (Å²) in [5.41, 5.74) is 7.27. The number of carboxylic acids is 1. The first kappa shape index (κ1) is 29.5. The second-order valence-electron chi connectivity index (χ2n) is 10.6. The predicted octanol–water partition coefficient (Wildman–Crippen LogP) is 5.59. The summed E-state index contributed by atoms with van der Waals surface area (Å²) in [5.74, 6) is -0.933. The standard InChI is InChI=1S/C30H49NO4/c1-3-4-7-15-26(33)16-11-6-10-14-24-17-18-25(21-23-12-8-5-9-13-23)29(27(24)19-20-31)28(22(2)32)30(34)35/h5,8-9,11-13,16,22,24-29,32-33H,3-4,6-7,10,14-15,17-21,31H2,1-2H3,(H,34,35). The predicted molar refractivity (Wildman–Crippen MR) is 143 cm³/mol. The Morgan fingerprint density at radius 1 is 1.09 bits per heavy atom. The van der Waals surface area contributed by atoms with E-state index in [9.17, 15) is 20.1 Å². The van der Waals surface area contributed by atoms with Crippen molar-refractivity contribution in [2.75, 3.05) is 6.54 Å². The van der Waals surface area contributed by atoms with Gasteiger partial charge in [-0.25, -0.2) is 0 Å². The minimum Gasteiger partial charge on any atom is -0.481 e. The third-order valence-electron chi connectivity index (χ3n) is 8.02. The average Bonchev–Trinajstić information content (AvgIpc) is 2.82. The van der Waals surface area contributed by atoms with Gasteiger partial charge in [-0.05, 0) is 94.1 Å². The normalized spacial score (nSPS) is 25.4. The van der Waals surface area contributed by atoms with Crippen LogP contribution in [0.15, 0.2) is 42.5 Å². The molecule has 5 N–H and O–H groups in total. The largest absolute Gasteiger partial charge is 0.481 e. The van der Waals surface area contributed by atoms with Gasteiger partial charge in [0, 0.05) is 0 Å². The van der Waals surface area contributed by atoms with Gasteiger partial charge in [0.05, 0.1) is 18.1 Å². The Labute approximate surface area is 212 Å². The lowest BCUT2D eigenvalue weighted by Crippen LogP contribution is -2.47. The number of nitrogens with two attached hydrogens (primary N) is 1. The number of aliphatic hydroxyl groups is 2. The summed E-state index contributed by atoms with van der Waals surface area (Å²) in [6.45, 7) is 4.32. The molecule has 5 heteroatoms. The van der Waals surface area contributed by atoms with Gasteiger partial charge >= 0.3 is 5.97 Å². The second kappa shape index (κ2) is 16.1. The summed E-state index contributed by atoms with van der Waals surface area (Å²) in [5, 5.41) is 30.7. The van der Waals surface area contributed by atoms with Gasteiger partial charge < -0.3 is 21.1 Å². The smallest absolute Gasteiger partial charge is 0.309 e. The first-order valence-corrected chi connectivity index (χ1v) is 13.9. The molecule has 1 aromatic carbocycles. The lowest BCUT2D eigenvalue weighted by Gasteiger charge is -2.47. The average molecular weight is 488 g/mol. The Balaban J connectivity index is 2.09. The molecule has 2 rings (SSSR count). The van der Waals surface area contributed by atoms with E-state index < -0.39 is 18.0 Å². The SMILES string of the molecule is CCCCCC(O)C=CCCCC1CCC(Cc2ccccc2)C(C(C(=O)O)C(C)O)C1CCN. The zero-order valence-corrected chi connectivity index (χ0v) is 21.9. The van der Waals surface area contributed by atoms with Crippen molar-refractivity contribution in [3.05, 3.63) is 48.0 Å². The van der Waals surface area contributed by atoms with Crippen LogP contribution in [-0.2, 0) is 11.2 Å². The molecule has 0 saturated heterocycles. The van der Waals surface area contributed by atoms with Crippen LogP contribution in [0.4, 0.5) is 0 Å². The van der Waals surface area contributed by atoms with Gasteiger partial charge in [0.2, 0.25) is 0 Å². The Kier molecular flexibility index (Phi) is 13.6. The van der Waals surface area contributed by atoms with Crippen LogP contribution in [0.3, 0.4) is 0 Å². The van der Waals surface area contributed by atoms with Crippen molar-refractivity contribution in [3.63, 3.8) is 0 Å². The number of carbonyl (C=O) groups is 1. The maximum Gasteiger partial charge on any atom is 0.309 e. The summed E-state index contributed by atoms with van der Waals surface area (Å²) < 4.78 is 0. The molecule has 1 aromatic rings. The zero-order chi connectivity index (χ0) is 25.6. The highest BCUT2D eigenvalue weighted by Gasteiger charge is 2.46. The van der Waals surface area contributed by atoms with Gasteiger partial charge in [0.15, 0.2) is 0 Å². The highest BCUT2D eigenvalue weighted by atomic mass is 16.4. The molecule has 5 nitrogen and oxygen atoms in total. The Bertz CT molecular complexity index is 735. The molecule has 0 amide bonds. The molecule has 1 aliphatic carbocycles. The molecule has 198 valence electrons. The van der Waals surface area contributed by atoms with Crippen LogP contribution < -0.4 is 5.73 Å². The van der Waals surface area contributed by atoms with Crippen molar-refractivity contribution in [2.24, 2.45) is 35.3 Å². The van der Waals surface area contributed by atoms with E-state index in [4.69, 9.17) is 5.73 Å². The van der Waals surface area contributed by atoms with Gasteiger partial charge in [0.25, 0.3) is 0 Å². The Morgan fingerprint density at radius 2 is 1.80 bits per heavy atom. The fraction of sp³-hybridized carbons (Fsp3) is 0.700. The van der Waals surface area contributed by atoms with Gasteiger partial charge in [-0.15, -0.1) is 0 Å². The van der Waals surface area contributed by atoms with Gasteiger partial charge in [-0.2, -0.15) is 0 Å². The van der Waals surface area contributed by atoms with Crippen LogP contribution in [0.1, 0.15) is 83.6 Å². The molecule has 0 aliphatic heterocycles. The minimum absolute atomic E-state index is 0.0917. The molecule has 7 unspecified atom stereocenters. The van der Waals surface area contributed by atoms with E-state index in [1.165, 1.54) is 5.56 Å². The summed E-state index contributed by atoms with van der Waals surface area (Å²) >= 11 is 0. The highest BCUT2D eigenvalue weighted by molar-refractivity contribution is 5.71. The van der Waals surface area contributed by atoms with Crippen LogP contribution in [0, 0.1) is 29.6 Å². The maximum absolute atomic E-state index is 12.3. The van der Waals surface area contributed by atoms with E-state index in [0.29, 0.717) is 12.5 Å².